The number of aldehydes is 1. The van der Waals surface area contributed by atoms with Gasteiger partial charge in [-0.2, -0.15) is 21.6 Å². The van der Waals surface area contributed by atoms with Crippen molar-refractivity contribution in [2.45, 2.75) is 50.1 Å². The molecule has 1 saturated carbocycles. The lowest BCUT2D eigenvalue weighted by atomic mass is 9.54. The van der Waals surface area contributed by atoms with Gasteiger partial charge < -0.3 is 14.3 Å². The molecule has 0 radical (unpaired) electrons. The molecule has 5 nitrogen and oxygen atoms in total. The van der Waals surface area contributed by atoms with Crippen LogP contribution in [0.25, 0.3) is 0 Å². The number of rotatable bonds is 7. The lowest BCUT2D eigenvalue weighted by molar-refractivity contribution is -0.121. The van der Waals surface area contributed by atoms with E-state index in [1.807, 2.05) is 33.0 Å². The molecule has 0 aromatic heterocycles. The van der Waals surface area contributed by atoms with Gasteiger partial charge in [0.05, 0.1) is 0 Å². The molecule has 1 N–H and O–H groups in total. The maximum absolute atomic E-state index is 12.7. The van der Waals surface area contributed by atoms with E-state index < -0.39 is 26.8 Å². The fourth-order valence-electron chi connectivity index (χ4n) is 5.18. The second kappa shape index (κ2) is 10.3. The Bertz CT molecular complexity index is 1170. The first-order valence-electron chi connectivity index (χ1n) is 10.9. The molecule has 1 aliphatic rings. The number of hydrogen-bond acceptors (Lipinski definition) is 5. The third-order valence-corrected chi connectivity index (χ3v) is 8.51. The summed E-state index contributed by atoms with van der Waals surface area (Å²) in [6.45, 7) is 3.93. The number of halogens is 5. The molecule has 3 rings (SSSR count). The highest BCUT2D eigenvalue weighted by molar-refractivity contribution is 7.88. The SMILES string of the molecule is CNC(C)C1C(c2ccc(Cl)cc2)C(c2ccc(OS(=O)(=O)C(F)(F)F)cc2Cl)CCC1(C)C=O. The van der Waals surface area contributed by atoms with Crippen LogP contribution in [0.4, 0.5) is 13.2 Å². The van der Waals surface area contributed by atoms with Crippen molar-refractivity contribution in [2.75, 3.05) is 7.05 Å². The fraction of sp³-hybridized carbons (Fsp3) is 0.458. The van der Waals surface area contributed by atoms with Gasteiger partial charge in [-0.3, -0.25) is 0 Å². The minimum absolute atomic E-state index is 0.0630. The molecule has 2 aromatic rings. The van der Waals surface area contributed by atoms with Gasteiger partial charge in [0, 0.05) is 27.6 Å². The van der Waals surface area contributed by atoms with E-state index in [1.54, 1.807) is 12.1 Å². The van der Waals surface area contributed by atoms with E-state index in [1.165, 1.54) is 6.07 Å². The lowest BCUT2D eigenvalue weighted by Gasteiger charge is -2.50. The summed E-state index contributed by atoms with van der Waals surface area (Å²) in [4.78, 5) is 12.3. The minimum Gasteiger partial charge on any atom is -0.376 e. The summed E-state index contributed by atoms with van der Waals surface area (Å²) in [5.41, 5.74) is -4.63. The third kappa shape index (κ3) is 5.63. The van der Waals surface area contributed by atoms with E-state index in [4.69, 9.17) is 23.2 Å². The van der Waals surface area contributed by atoms with E-state index in [-0.39, 0.29) is 28.8 Å². The van der Waals surface area contributed by atoms with Gasteiger partial charge in [-0.1, -0.05) is 48.3 Å². The Hall–Kier alpha value is -1.81. The van der Waals surface area contributed by atoms with Gasteiger partial charge in [0.1, 0.15) is 12.0 Å². The maximum atomic E-state index is 12.7. The monoisotopic (exact) mass is 551 g/mol. The molecular weight excluding hydrogens is 526 g/mol. The van der Waals surface area contributed by atoms with Gasteiger partial charge in [-0.05, 0) is 73.9 Å². The molecule has 0 bridgehead atoms. The highest BCUT2D eigenvalue weighted by Crippen LogP contribution is 2.56. The molecule has 0 heterocycles. The predicted molar refractivity (Wildman–Crippen MR) is 129 cm³/mol. The number of carbonyl (C=O) groups is 1. The van der Waals surface area contributed by atoms with Crippen LogP contribution in [0.3, 0.4) is 0 Å². The van der Waals surface area contributed by atoms with Crippen LogP contribution in [0.15, 0.2) is 42.5 Å². The summed E-state index contributed by atoms with van der Waals surface area (Å²) in [5.74, 6) is -1.08. The summed E-state index contributed by atoms with van der Waals surface area (Å²) >= 11 is 12.6. The summed E-state index contributed by atoms with van der Waals surface area (Å²) in [5, 5.41) is 3.90. The zero-order valence-corrected chi connectivity index (χ0v) is 21.6. The number of hydrogen-bond donors (Lipinski definition) is 1. The minimum atomic E-state index is -5.82. The van der Waals surface area contributed by atoms with E-state index >= 15 is 0 Å². The van der Waals surface area contributed by atoms with Crippen molar-refractivity contribution < 1.29 is 30.6 Å². The Kier molecular flexibility index (Phi) is 8.16. The van der Waals surface area contributed by atoms with Crippen molar-refractivity contribution in [1.82, 2.24) is 5.32 Å². The van der Waals surface area contributed by atoms with Gasteiger partial charge >= 0.3 is 15.6 Å². The van der Waals surface area contributed by atoms with E-state index in [9.17, 15) is 26.4 Å². The summed E-state index contributed by atoms with van der Waals surface area (Å²) in [6.07, 6.45) is 2.14. The quantitative estimate of drug-likeness (QED) is 0.248. The highest BCUT2D eigenvalue weighted by atomic mass is 35.5. The van der Waals surface area contributed by atoms with Crippen LogP contribution >= 0.6 is 23.2 Å². The van der Waals surface area contributed by atoms with Gasteiger partial charge in [-0.15, -0.1) is 0 Å². The van der Waals surface area contributed by atoms with E-state index in [2.05, 4.69) is 9.50 Å². The third-order valence-electron chi connectivity index (χ3n) is 6.95. The first kappa shape index (κ1) is 27.8. The van der Waals surface area contributed by atoms with Crippen molar-refractivity contribution in [3.63, 3.8) is 0 Å². The topological polar surface area (TPSA) is 72.5 Å². The second-order valence-electron chi connectivity index (χ2n) is 9.12. The molecule has 5 unspecified atom stereocenters. The van der Waals surface area contributed by atoms with Crippen molar-refractivity contribution >= 4 is 39.6 Å². The Labute approximate surface area is 213 Å². The summed E-state index contributed by atoms with van der Waals surface area (Å²) < 4.78 is 65.2. The maximum Gasteiger partial charge on any atom is 0.534 e. The Morgan fingerprint density at radius 2 is 1.80 bits per heavy atom. The van der Waals surface area contributed by atoms with Crippen molar-refractivity contribution in [2.24, 2.45) is 11.3 Å². The molecule has 35 heavy (non-hydrogen) atoms. The Balaban J connectivity index is 2.09. The van der Waals surface area contributed by atoms with Crippen LogP contribution in [-0.4, -0.2) is 33.3 Å². The van der Waals surface area contributed by atoms with E-state index in [0.717, 1.165) is 24.0 Å². The molecule has 2 aromatic carbocycles. The lowest BCUT2D eigenvalue weighted by Crippen LogP contribution is -2.49. The Morgan fingerprint density at radius 3 is 2.31 bits per heavy atom. The van der Waals surface area contributed by atoms with Crippen LogP contribution in [0.5, 0.6) is 5.75 Å². The first-order chi connectivity index (χ1) is 16.2. The normalized spacial score (nSPS) is 26.2. The van der Waals surface area contributed by atoms with Crippen LogP contribution in [0.1, 0.15) is 49.7 Å². The molecule has 0 saturated heterocycles. The van der Waals surface area contributed by atoms with Crippen LogP contribution in [0.2, 0.25) is 10.0 Å². The van der Waals surface area contributed by atoms with Gasteiger partial charge in [0.15, 0.2) is 0 Å². The zero-order valence-electron chi connectivity index (χ0n) is 19.3. The standard InChI is InChI=1S/C24H26Cl2F3NO4S/c1-14(30-3)22-21(15-4-6-16(25)7-5-15)19(10-11-23(22,2)13-31)18-9-8-17(12-20(18)26)34-35(32,33)24(27,28)29/h4-9,12-14,19,21-22,30H,10-11H2,1-3H3. The average Bonchev–Trinajstić information content (AvgIpc) is 2.78. The average molecular weight is 552 g/mol. The molecule has 0 spiro atoms. The van der Waals surface area contributed by atoms with Gasteiger partial charge in [-0.25, -0.2) is 0 Å². The fourth-order valence-corrected chi connectivity index (χ4v) is 6.07. The van der Waals surface area contributed by atoms with Crippen molar-refractivity contribution in [1.29, 1.82) is 0 Å². The molecule has 0 amide bonds. The zero-order chi connectivity index (χ0) is 26.2. The molecule has 0 aliphatic heterocycles. The molecular formula is C24H26Cl2F3NO4S. The second-order valence-corrected chi connectivity index (χ2v) is 11.5. The van der Waals surface area contributed by atoms with Crippen molar-refractivity contribution in [3.8, 4) is 5.75 Å². The summed E-state index contributed by atoms with van der Waals surface area (Å²) in [7, 11) is -4.01. The Morgan fingerprint density at radius 1 is 1.17 bits per heavy atom. The van der Waals surface area contributed by atoms with Gasteiger partial charge in [0.25, 0.3) is 0 Å². The molecule has 1 fully saturated rings. The molecule has 1 aliphatic carbocycles. The smallest absolute Gasteiger partial charge is 0.376 e. The number of alkyl halides is 3. The molecule has 11 heteroatoms. The van der Waals surface area contributed by atoms with Gasteiger partial charge in [0.2, 0.25) is 0 Å². The number of carbonyl (C=O) groups excluding carboxylic acids is 1. The highest BCUT2D eigenvalue weighted by Gasteiger charge is 2.50. The number of benzene rings is 2. The predicted octanol–water partition coefficient (Wildman–Crippen LogP) is 6.31. The first-order valence-corrected chi connectivity index (χ1v) is 13.1. The molecule has 5 atom stereocenters. The molecule has 192 valence electrons. The van der Waals surface area contributed by atoms with E-state index in [0.29, 0.717) is 23.4 Å². The van der Waals surface area contributed by atoms with Crippen LogP contribution in [0, 0.1) is 11.3 Å². The number of nitrogens with one attached hydrogen (secondary N) is 1. The van der Waals surface area contributed by atoms with Crippen LogP contribution < -0.4 is 9.50 Å². The summed E-state index contributed by atoms with van der Waals surface area (Å²) in [6, 6.07) is 11.0. The van der Waals surface area contributed by atoms with Crippen molar-refractivity contribution in [3.05, 3.63) is 63.6 Å². The largest absolute Gasteiger partial charge is 0.534 e. The van der Waals surface area contributed by atoms with Crippen LogP contribution in [-0.2, 0) is 14.9 Å².